The molecule has 0 aromatic rings. The van der Waals surface area contributed by atoms with Crippen LogP contribution in [0.1, 0.15) is 26.7 Å². The minimum absolute atomic E-state index is 0.0368. The van der Waals surface area contributed by atoms with Crippen LogP contribution in [0, 0.1) is 0 Å². The lowest BCUT2D eigenvalue weighted by Crippen LogP contribution is -2.31. The molecule has 0 aliphatic carbocycles. The number of nitrogens with zero attached hydrogens (tertiary/aromatic N) is 1. The maximum Gasteiger partial charge on any atom is 0.385 e. The molecule has 0 fully saturated rings. The zero-order valence-electron chi connectivity index (χ0n) is 11.3. The predicted octanol–water partition coefficient (Wildman–Crippen LogP) is 2.36. The van der Waals surface area contributed by atoms with E-state index in [1.165, 1.54) is 0 Å². The van der Waals surface area contributed by atoms with Crippen molar-refractivity contribution in [2.24, 2.45) is 4.40 Å². The number of unbranched alkanes of at least 4 members (excludes halogenated alkanes) is 1. The van der Waals surface area contributed by atoms with Gasteiger partial charge in [0.25, 0.3) is 10.0 Å². The van der Waals surface area contributed by atoms with Crippen molar-refractivity contribution in [3.63, 3.8) is 0 Å². The second-order valence-electron chi connectivity index (χ2n) is 4.64. The summed E-state index contributed by atoms with van der Waals surface area (Å²) in [6.07, 6.45) is 1.30. The van der Waals surface area contributed by atoms with Gasteiger partial charge in [0.05, 0.1) is 12.4 Å². The molecule has 0 atom stereocenters. The molecule has 0 unspecified atom stereocenters. The Balaban J connectivity index is 4.79. The zero-order chi connectivity index (χ0) is 13.5. The van der Waals surface area contributed by atoms with E-state index in [2.05, 4.69) is 4.40 Å². The fourth-order valence-electron chi connectivity index (χ4n) is 0.946. The standard InChI is InChI=1S/C10H23NO4SSi/c1-6-8-9-16(12,13)11-10(14-7-2)15-17(3,4)5/h6-9H2,1-5H3/b11-10-. The minimum atomic E-state index is -3.48. The number of ether oxygens (including phenoxy) is 1. The molecule has 5 nitrogen and oxygen atoms in total. The highest BCUT2D eigenvalue weighted by atomic mass is 32.2. The Bertz CT molecular complexity index is 346. The van der Waals surface area contributed by atoms with Crippen LogP contribution >= 0.6 is 0 Å². The van der Waals surface area contributed by atoms with Crippen molar-refractivity contribution >= 4 is 24.4 Å². The monoisotopic (exact) mass is 281 g/mol. The summed E-state index contributed by atoms with van der Waals surface area (Å²) in [7, 11) is -5.39. The van der Waals surface area contributed by atoms with Crippen molar-refractivity contribution < 1.29 is 17.6 Å². The van der Waals surface area contributed by atoms with E-state index < -0.39 is 18.3 Å². The van der Waals surface area contributed by atoms with Crippen molar-refractivity contribution in [3.05, 3.63) is 0 Å². The first-order chi connectivity index (χ1) is 7.70. The topological polar surface area (TPSA) is 65.0 Å². The van der Waals surface area contributed by atoms with Crippen LogP contribution in [0.3, 0.4) is 0 Å². The second kappa shape index (κ2) is 7.00. The average molecular weight is 281 g/mol. The molecule has 0 saturated heterocycles. The van der Waals surface area contributed by atoms with Crippen LogP contribution in [0.5, 0.6) is 0 Å². The van der Waals surface area contributed by atoms with Gasteiger partial charge in [-0.2, -0.15) is 0 Å². The van der Waals surface area contributed by atoms with Gasteiger partial charge >= 0.3 is 6.08 Å². The first-order valence-corrected chi connectivity index (χ1v) is 10.9. The Hall–Kier alpha value is -0.563. The lowest BCUT2D eigenvalue weighted by atomic mass is 10.4. The highest BCUT2D eigenvalue weighted by Gasteiger charge is 2.22. The molecular formula is C10H23NO4SSi. The first kappa shape index (κ1) is 16.4. The van der Waals surface area contributed by atoms with Gasteiger partial charge in [-0.15, -0.1) is 0 Å². The maximum atomic E-state index is 11.6. The largest absolute Gasteiger partial charge is 0.505 e. The van der Waals surface area contributed by atoms with E-state index in [0.717, 1.165) is 6.42 Å². The molecule has 0 aliphatic heterocycles. The van der Waals surface area contributed by atoms with Crippen LogP contribution in [-0.4, -0.2) is 35.2 Å². The lowest BCUT2D eigenvalue weighted by molar-refractivity contribution is 0.250. The van der Waals surface area contributed by atoms with E-state index in [9.17, 15) is 8.42 Å². The van der Waals surface area contributed by atoms with Crippen molar-refractivity contribution in [3.8, 4) is 0 Å². The molecular weight excluding hydrogens is 258 g/mol. The molecule has 0 aromatic carbocycles. The van der Waals surface area contributed by atoms with Gasteiger partial charge in [-0.1, -0.05) is 17.7 Å². The van der Waals surface area contributed by atoms with Gasteiger partial charge in [-0.25, -0.2) is 8.42 Å². The quantitative estimate of drug-likeness (QED) is 0.426. The fourth-order valence-corrected chi connectivity index (χ4v) is 2.70. The molecule has 0 spiro atoms. The van der Waals surface area contributed by atoms with Gasteiger partial charge in [-0.05, 0) is 33.0 Å². The molecule has 0 aliphatic rings. The Morgan fingerprint density at radius 3 is 2.24 bits per heavy atom. The van der Waals surface area contributed by atoms with E-state index in [1.54, 1.807) is 6.92 Å². The molecule has 7 heteroatoms. The van der Waals surface area contributed by atoms with Gasteiger partial charge in [0.2, 0.25) is 8.32 Å². The summed E-state index contributed by atoms with van der Waals surface area (Å²) in [5.41, 5.74) is 0. The molecule has 0 N–H and O–H groups in total. The Labute approximate surface area is 105 Å². The van der Waals surface area contributed by atoms with Crippen molar-refractivity contribution in [1.29, 1.82) is 0 Å². The van der Waals surface area contributed by atoms with Crippen LogP contribution in [-0.2, 0) is 19.2 Å². The summed E-state index contributed by atoms with van der Waals surface area (Å²) in [4.78, 5) is 0. The summed E-state index contributed by atoms with van der Waals surface area (Å²) < 4.78 is 37.5. The molecule has 102 valence electrons. The molecule has 17 heavy (non-hydrogen) atoms. The highest BCUT2D eigenvalue weighted by Crippen LogP contribution is 2.07. The van der Waals surface area contributed by atoms with Crippen molar-refractivity contribution in [2.75, 3.05) is 12.4 Å². The van der Waals surface area contributed by atoms with Crippen LogP contribution in [0.2, 0.25) is 19.6 Å². The molecule has 0 bridgehead atoms. The Morgan fingerprint density at radius 1 is 1.24 bits per heavy atom. The van der Waals surface area contributed by atoms with E-state index in [-0.39, 0.29) is 11.8 Å². The summed E-state index contributed by atoms with van der Waals surface area (Å²) >= 11 is 0. The number of sulfonamides is 1. The van der Waals surface area contributed by atoms with Gasteiger partial charge in [0.1, 0.15) is 0 Å². The first-order valence-electron chi connectivity index (χ1n) is 5.84. The highest BCUT2D eigenvalue weighted by molar-refractivity contribution is 7.90. The third-order valence-corrected chi connectivity index (χ3v) is 3.65. The smallest absolute Gasteiger partial charge is 0.385 e. The molecule has 0 heterocycles. The van der Waals surface area contributed by atoms with E-state index in [4.69, 9.17) is 9.16 Å². The zero-order valence-corrected chi connectivity index (χ0v) is 13.1. The molecule has 0 amide bonds. The SMILES string of the molecule is CCCCS(=O)(=O)/N=C(/OCC)O[Si](C)(C)C. The molecule has 0 rings (SSSR count). The molecule has 0 radical (unpaired) electrons. The van der Waals surface area contributed by atoms with Crippen molar-refractivity contribution in [1.82, 2.24) is 0 Å². The van der Waals surface area contributed by atoms with Crippen molar-refractivity contribution in [2.45, 2.75) is 46.3 Å². The summed E-state index contributed by atoms with van der Waals surface area (Å²) in [6, 6.07) is 0. The van der Waals surface area contributed by atoms with Gasteiger partial charge in [-0.3, -0.25) is 0 Å². The normalized spacial score (nSPS) is 13.6. The van der Waals surface area contributed by atoms with Crippen LogP contribution in [0.25, 0.3) is 0 Å². The van der Waals surface area contributed by atoms with Crippen LogP contribution in [0.15, 0.2) is 4.40 Å². The summed E-state index contributed by atoms with van der Waals surface area (Å²) in [5.74, 6) is 0.0368. The fraction of sp³-hybridized carbons (Fsp3) is 0.900. The average Bonchev–Trinajstić information content (AvgIpc) is 2.12. The van der Waals surface area contributed by atoms with E-state index in [1.807, 2.05) is 26.6 Å². The van der Waals surface area contributed by atoms with E-state index >= 15 is 0 Å². The van der Waals surface area contributed by atoms with Gasteiger partial charge in [0, 0.05) is 0 Å². The second-order valence-corrected chi connectivity index (χ2v) is 10.8. The number of hydrogen-bond acceptors (Lipinski definition) is 4. The Morgan fingerprint density at radius 2 is 1.82 bits per heavy atom. The third kappa shape index (κ3) is 9.17. The lowest BCUT2D eigenvalue weighted by Gasteiger charge is -2.19. The Kier molecular flexibility index (Phi) is 6.77. The minimum Gasteiger partial charge on any atom is -0.505 e. The molecule has 0 saturated carbocycles. The van der Waals surface area contributed by atoms with E-state index in [0.29, 0.717) is 13.0 Å². The van der Waals surface area contributed by atoms with Gasteiger partial charge in [0.15, 0.2) is 0 Å². The van der Waals surface area contributed by atoms with Gasteiger partial charge < -0.3 is 9.16 Å². The summed E-state index contributed by atoms with van der Waals surface area (Å²) in [6.45, 7) is 9.87. The summed E-state index contributed by atoms with van der Waals surface area (Å²) in [5, 5.41) is 0. The predicted molar refractivity (Wildman–Crippen MR) is 72.2 cm³/mol. The van der Waals surface area contributed by atoms with Crippen LogP contribution < -0.4 is 0 Å². The number of hydrogen-bond donors (Lipinski definition) is 0. The molecule has 0 aromatic heterocycles. The van der Waals surface area contributed by atoms with Crippen LogP contribution in [0.4, 0.5) is 0 Å². The number of rotatable bonds is 6. The third-order valence-electron chi connectivity index (χ3n) is 1.63. The maximum absolute atomic E-state index is 11.6.